The molecule has 1 heterocycles. The zero-order valence-corrected chi connectivity index (χ0v) is 14.5. The predicted molar refractivity (Wildman–Crippen MR) is 95.4 cm³/mol. The lowest BCUT2D eigenvalue weighted by Gasteiger charge is -2.36. The Kier molecular flexibility index (Phi) is 5.08. The van der Waals surface area contributed by atoms with Crippen molar-refractivity contribution < 1.29 is 13.6 Å². The number of hydrogen-bond acceptors (Lipinski definition) is 2. The predicted octanol–water partition coefficient (Wildman–Crippen LogP) is 4.28. The summed E-state index contributed by atoms with van der Waals surface area (Å²) in [7, 11) is 0. The summed E-state index contributed by atoms with van der Waals surface area (Å²) in [5.41, 5.74) is 2.00. The molecule has 132 valence electrons. The van der Waals surface area contributed by atoms with Crippen molar-refractivity contribution in [2.24, 2.45) is 0 Å². The summed E-state index contributed by atoms with van der Waals surface area (Å²) in [5.74, 6) is -1.47. The summed E-state index contributed by atoms with van der Waals surface area (Å²) in [5, 5.41) is 3.20. The van der Waals surface area contributed by atoms with E-state index >= 15 is 0 Å². The molecule has 0 radical (unpaired) electrons. The fraction of sp³-hybridized carbons (Fsp3) is 0.278. The van der Waals surface area contributed by atoms with Crippen molar-refractivity contribution in [3.63, 3.8) is 0 Å². The van der Waals surface area contributed by atoms with E-state index in [0.717, 1.165) is 23.4 Å². The average Bonchev–Trinajstić information content (AvgIpc) is 2.60. The monoisotopic (exact) mass is 365 g/mol. The maximum Gasteiger partial charge on any atom is 0.322 e. The van der Waals surface area contributed by atoms with Gasteiger partial charge in [-0.1, -0.05) is 17.7 Å². The molecule has 1 aliphatic heterocycles. The van der Waals surface area contributed by atoms with Gasteiger partial charge in [-0.3, -0.25) is 0 Å². The molecule has 0 unspecified atom stereocenters. The van der Waals surface area contributed by atoms with Crippen molar-refractivity contribution in [1.29, 1.82) is 0 Å². The van der Waals surface area contributed by atoms with Crippen LogP contribution in [0.15, 0.2) is 36.4 Å². The minimum atomic E-state index is -0.790. The van der Waals surface area contributed by atoms with Gasteiger partial charge in [0, 0.05) is 43.0 Å². The summed E-state index contributed by atoms with van der Waals surface area (Å²) in [4.78, 5) is 16.0. The van der Waals surface area contributed by atoms with Gasteiger partial charge < -0.3 is 15.1 Å². The van der Waals surface area contributed by atoms with Gasteiger partial charge in [0.15, 0.2) is 0 Å². The lowest BCUT2D eigenvalue weighted by atomic mass is 10.2. The van der Waals surface area contributed by atoms with E-state index in [9.17, 15) is 13.6 Å². The number of anilines is 2. The van der Waals surface area contributed by atoms with Gasteiger partial charge in [0.1, 0.15) is 11.6 Å². The Morgan fingerprint density at radius 3 is 2.44 bits per heavy atom. The Labute approximate surface area is 150 Å². The third kappa shape index (κ3) is 4.02. The Balaban J connectivity index is 1.59. The second-order valence-electron chi connectivity index (χ2n) is 5.96. The lowest BCUT2D eigenvalue weighted by molar-refractivity contribution is 0.208. The highest BCUT2D eigenvalue weighted by Gasteiger charge is 2.22. The highest BCUT2D eigenvalue weighted by molar-refractivity contribution is 6.31. The van der Waals surface area contributed by atoms with Crippen LogP contribution in [0.25, 0.3) is 0 Å². The molecule has 4 nitrogen and oxygen atoms in total. The molecule has 0 aliphatic carbocycles. The van der Waals surface area contributed by atoms with Gasteiger partial charge in [-0.25, -0.2) is 13.6 Å². The highest BCUT2D eigenvalue weighted by Crippen LogP contribution is 2.24. The van der Waals surface area contributed by atoms with Gasteiger partial charge in [0.05, 0.1) is 5.69 Å². The standard InChI is InChI=1S/C18H18ClF2N3O/c1-12-2-4-14(11-15(12)19)23-6-8-24(9-7-23)18(25)22-17-5-3-13(20)10-16(17)21/h2-5,10-11H,6-9H2,1H3,(H,22,25). The van der Waals surface area contributed by atoms with Crippen molar-refractivity contribution >= 4 is 29.0 Å². The lowest BCUT2D eigenvalue weighted by Crippen LogP contribution is -2.50. The van der Waals surface area contributed by atoms with Crippen LogP contribution in [-0.2, 0) is 0 Å². The molecule has 0 saturated carbocycles. The third-order valence-corrected chi connectivity index (χ3v) is 4.67. The van der Waals surface area contributed by atoms with E-state index in [2.05, 4.69) is 10.2 Å². The van der Waals surface area contributed by atoms with E-state index in [1.165, 1.54) is 6.07 Å². The number of piperazine rings is 1. The first-order valence-electron chi connectivity index (χ1n) is 7.96. The van der Waals surface area contributed by atoms with Gasteiger partial charge >= 0.3 is 6.03 Å². The number of aryl methyl sites for hydroxylation is 1. The number of nitrogens with one attached hydrogen (secondary N) is 1. The molecule has 25 heavy (non-hydrogen) atoms. The van der Waals surface area contributed by atoms with E-state index in [0.29, 0.717) is 31.2 Å². The molecule has 0 spiro atoms. The van der Waals surface area contributed by atoms with Crippen molar-refractivity contribution in [1.82, 2.24) is 4.90 Å². The normalized spacial score (nSPS) is 14.6. The maximum atomic E-state index is 13.6. The molecule has 1 saturated heterocycles. The summed E-state index contributed by atoms with van der Waals surface area (Å²) < 4.78 is 26.6. The van der Waals surface area contributed by atoms with Crippen LogP contribution in [-0.4, -0.2) is 37.1 Å². The van der Waals surface area contributed by atoms with E-state index in [1.54, 1.807) is 4.90 Å². The Bertz CT molecular complexity index is 792. The number of hydrogen-bond donors (Lipinski definition) is 1. The highest BCUT2D eigenvalue weighted by atomic mass is 35.5. The minimum Gasteiger partial charge on any atom is -0.368 e. The molecule has 7 heteroatoms. The average molecular weight is 366 g/mol. The topological polar surface area (TPSA) is 35.6 Å². The van der Waals surface area contributed by atoms with Crippen LogP contribution in [0.3, 0.4) is 0 Å². The number of carbonyl (C=O) groups excluding carboxylic acids is 1. The van der Waals surface area contributed by atoms with Gasteiger partial charge in [-0.05, 0) is 36.8 Å². The minimum absolute atomic E-state index is 0.0286. The van der Waals surface area contributed by atoms with E-state index in [-0.39, 0.29) is 5.69 Å². The second-order valence-corrected chi connectivity index (χ2v) is 6.37. The zero-order chi connectivity index (χ0) is 18.0. The van der Waals surface area contributed by atoms with Gasteiger partial charge in [0.2, 0.25) is 0 Å². The molecule has 2 amide bonds. The Morgan fingerprint density at radius 1 is 1.08 bits per heavy atom. The van der Waals surface area contributed by atoms with Crippen molar-refractivity contribution in [3.05, 3.63) is 58.6 Å². The molecule has 2 aromatic carbocycles. The molecule has 1 fully saturated rings. The number of benzene rings is 2. The van der Waals surface area contributed by atoms with E-state index < -0.39 is 17.7 Å². The van der Waals surface area contributed by atoms with Crippen LogP contribution < -0.4 is 10.2 Å². The first-order valence-corrected chi connectivity index (χ1v) is 8.34. The molecular formula is C18H18ClF2N3O. The molecule has 0 aromatic heterocycles. The van der Waals surface area contributed by atoms with Crippen LogP contribution >= 0.6 is 11.6 Å². The largest absolute Gasteiger partial charge is 0.368 e. The van der Waals surface area contributed by atoms with Gasteiger partial charge in [-0.2, -0.15) is 0 Å². The van der Waals surface area contributed by atoms with Crippen LogP contribution in [0.1, 0.15) is 5.56 Å². The van der Waals surface area contributed by atoms with Gasteiger partial charge in [-0.15, -0.1) is 0 Å². The van der Waals surface area contributed by atoms with Crippen molar-refractivity contribution in [2.45, 2.75) is 6.92 Å². The maximum absolute atomic E-state index is 13.6. The summed E-state index contributed by atoms with van der Waals surface area (Å²) in [6.45, 7) is 4.25. The van der Waals surface area contributed by atoms with E-state index in [4.69, 9.17) is 11.6 Å². The molecule has 1 aliphatic rings. The van der Waals surface area contributed by atoms with Crippen molar-refractivity contribution in [3.8, 4) is 0 Å². The number of carbonyl (C=O) groups is 1. The Hall–Kier alpha value is -2.34. The number of amides is 2. The number of urea groups is 1. The van der Waals surface area contributed by atoms with Gasteiger partial charge in [0.25, 0.3) is 0 Å². The first kappa shape index (κ1) is 17.5. The number of nitrogens with zero attached hydrogens (tertiary/aromatic N) is 2. The van der Waals surface area contributed by atoms with E-state index in [1.807, 2.05) is 25.1 Å². The molecule has 1 N–H and O–H groups in total. The molecule has 2 aromatic rings. The Morgan fingerprint density at radius 2 is 1.80 bits per heavy atom. The SMILES string of the molecule is Cc1ccc(N2CCN(C(=O)Nc3ccc(F)cc3F)CC2)cc1Cl. The second kappa shape index (κ2) is 7.27. The van der Waals surface area contributed by atoms with Crippen LogP contribution in [0.5, 0.6) is 0 Å². The fourth-order valence-electron chi connectivity index (χ4n) is 2.73. The summed E-state index contributed by atoms with van der Waals surface area (Å²) in [6.07, 6.45) is 0. The molecular weight excluding hydrogens is 348 g/mol. The van der Waals surface area contributed by atoms with Crippen LogP contribution in [0.2, 0.25) is 5.02 Å². The fourth-order valence-corrected chi connectivity index (χ4v) is 2.91. The van der Waals surface area contributed by atoms with Crippen LogP contribution in [0.4, 0.5) is 25.0 Å². The third-order valence-electron chi connectivity index (χ3n) is 4.26. The molecule has 0 bridgehead atoms. The number of halogens is 3. The number of rotatable bonds is 2. The van der Waals surface area contributed by atoms with Crippen LogP contribution in [0, 0.1) is 18.6 Å². The first-order chi connectivity index (χ1) is 11.9. The summed E-state index contributed by atoms with van der Waals surface area (Å²) >= 11 is 6.16. The smallest absolute Gasteiger partial charge is 0.322 e. The summed E-state index contributed by atoms with van der Waals surface area (Å²) in [6, 6.07) is 8.56. The molecule has 3 rings (SSSR count). The van der Waals surface area contributed by atoms with Crippen molar-refractivity contribution in [2.75, 3.05) is 36.4 Å². The molecule has 0 atom stereocenters. The quantitative estimate of drug-likeness (QED) is 0.862. The zero-order valence-electron chi connectivity index (χ0n) is 13.7.